The average Bonchev–Trinajstić information content (AvgIpc) is 3.00. The molecule has 0 bridgehead atoms. The number of aryl methyl sites for hydroxylation is 1. The van der Waals surface area contributed by atoms with E-state index in [1.807, 2.05) is 0 Å². The number of aliphatic hydroxyl groups excluding tert-OH is 1. The first-order chi connectivity index (χ1) is 13.5. The fraction of sp³-hybridized carbons (Fsp3) is 0.609. The van der Waals surface area contributed by atoms with Crippen LogP contribution in [0.3, 0.4) is 0 Å². The third-order valence-corrected chi connectivity index (χ3v) is 5.81. The lowest BCUT2D eigenvalue weighted by atomic mass is 9.90. The lowest BCUT2D eigenvalue weighted by Crippen LogP contribution is -2.28. The van der Waals surface area contributed by atoms with Gasteiger partial charge in [-0.3, -0.25) is 4.79 Å². The van der Waals surface area contributed by atoms with Crippen LogP contribution in [0, 0.1) is 18.8 Å². The molecule has 5 atom stereocenters. The van der Waals surface area contributed by atoms with Crippen molar-refractivity contribution in [1.82, 2.24) is 0 Å². The van der Waals surface area contributed by atoms with Gasteiger partial charge >= 0.3 is 5.97 Å². The Kier molecular flexibility index (Phi) is 7.65. The maximum Gasteiger partial charge on any atom is 0.303 e. The van der Waals surface area contributed by atoms with Crippen molar-refractivity contribution in [3.05, 3.63) is 47.5 Å². The van der Waals surface area contributed by atoms with E-state index < -0.39 is 12.1 Å². The van der Waals surface area contributed by atoms with Crippen LogP contribution >= 0.6 is 0 Å². The van der Waals surface area contributed by atoms with E-state index in [-0.39, 0.29) is 30.7 Å². The van der Waals surface area contributed by atoms with Gasteiger partial charge in [0, 0.05) is 18.9 Å². The summed E-state index contributed by atoms with van der Waals surface area (Å²) in [4.78, 5) is 11.1. The number of allylic oxidation sites excluding steroid dienone is 1. The topological polar surface area (TPSA) is 76.0 Å². The summed E-state index contributed by atoms with van der Waals surface area (Å²) in [6.45, 7) is 2.82. The molecule has 2 fully saturated rings. The van der Waals surface area contributed by atoms with Crippen molar-refractivity contribution in [2.45, 2.75) is 70.4 Å². The quantitative estimate of drug-likeness (QED) is 0.661. The zero-order valence-electron chi connectivity index (χ0n) is 16.6. The van der Waals surface area contributed by atoms with Gasteiger partial charge in [0.1, 0.15) is 0 Å². The Labute approximate surface area is 167 Å². The number of carbonyl (C=O) groups is 1. The van der Waals surface area contributed by atoms with E-state index in [4.69, 9.17) is 14.6 Å². The van der Waals surface area contributed by atoms with Crippen LogP contribution in [0.25, 0.3) is 0 Å². The second kappa shape index (κ2) is 10.2. The molecular weight excluding hydrogens is 356 g/mol. The Balaban J connectivity index is 1.69. The Morgan fingerprint density at radius 2 is 2.18 bits per heavy atom. The molecular formula is C23H32O5. The van der Waals surface area contributed by atoms with Crippen molar-refractivity contribution < 1.29 is 24.5 Å². The number of benzene rings is 1. The molecule has 1 aliphatic heterocycles. The Hall–Kier alpha value is -1.69. The number of aliphatic carboxylic acids is 1. The van der Waals surface area contributed by atoms with E-state index in [2.05, 4.69) is 43.3 Å². The molecule has 154 valence electrons. The minimum atomic E-state index is -0.854. The fourth-order valence-electron chi connectivity index (χ4n) is 4.32. The average molecular weight is 389 g/mol. The van der Waals surface area contributed by atoms with Crippen molar-refractivity contribution in [2.75, 3.05) is 6.61 Å². The number of hydrogen-bond acceptors (Lipinski definition) is 4. The van der Waals surface area contributed by atoms with Gasteiger partial charge < -0.3 is 19.7 Å². The van der Waals surface area contributed by atoms with Crippen LogP contribution in [0.4, 0.5) is 0 Å². The maximum atomic E-state index is 11.1. The molecule has 28 heavy (non-hydrogen) atoms. The molecule has 0 amide bonds. The molecule has 1 aliphatic carbocycles. The minimum Gasteiger partial charge on any atom is -0.481 e. The molecule has 2 N–H and O–H groups in total. The molecule has 1 aromatic rings. The van der Waals surface area contributed by atoms with Crippen LogP contribution in [-0.2, 0) is 20.7 Å². The second-order valence-corrected chi connectivity index (χ2v) is 8.12. The Bertz CT molecular complexity index is 665. The molecule has 1 heterocycles. The van der Waals surface area contributed by atoms with Gasteiger partial charge in [0.25, 0.3) is 0 Å². The molecule has 3 rings (SSSR count). The first-order valence-electron chi connectivity index (χ1n) is 10.4. The summed E-state index contributed by atoms with van der Waals surface area (Å²) in [5.74, 6) is -1.01. The number of carboxylic acid groups (broad SMARTS) is 1. The maximum absolute atomic E-state index is 11.1. The third-order valence-electron chi connectivity index (χ3n) is 5.81. The van der Waals surface area contributed by atoms with Gasteiger partial charge in [0.2, 0.25) is 0 Å². The molecule has 5 heteroatoms. The van der Waals surface area contributed by atoms with Gasteiger partial charge in [-0.25, -0.2) is 0 Å². The smallest absolute Gasteiger partial charge is 0.303 e. The lowest BCUT2D eigenvalue weighted by Gasteiger charge is -2.27. The Morgan fingerprint density at radius 1 is 1.32 bits per heavy atom. The third kappa shape index (κ3) is 6.16. The number of rotatable bonds is 8. The van der Waals surface area contributed by atoms with Gasteiger partial charge in [0.15, 0.2) is 6.29 Å². The minimum absolute atomic E-state index is 0.00527. The van der Waals surface area contributed by atoms with Crippen molar-refractivity contribution >= 4 is 5.97 Å². The molecule has 2 aliphatic rings. The summed E-state index contributed by atoms with van der Waals surface area (Å²) in [5, 5.41) is 19.3. The van der Waals surface area contributed by atoms with Crippen LogP contribution in [0.15, 0.2) is 36.4 Å². The van der Waals surface area contributed by atoms with Crippen LogP contribution in [-0.4, -0.2) is 41.3 Å². The summed E-state index contributed by atoms with van der Waals surface area (Å²) in [6, 6.07) is 8.40. The van der Waals surface area contributed by atoms with E-state index in [0.717, 1.165) is 38.7 Å². The molecule has 5 unspecified atom stereocenters. The molecule has 1 saturated carbocycles. The van der Waals surface area contributed by atoms with Crippen LogP contribution in [0.2, 0.25) is 0 Å². The van der Waals surface area contributed by atoms with Crippen molar-refractivity contribution in [3.8, 4) is 0 Å². The number of aliphatic hydroxyl groups is 1. The van der Waals surface area contributed by atoms with E-state index in [0.29, 0.717) is 6.42 Å². The van der Waals surface area contributed by atoms with Gasteiger partial charge in [-0.2, -0.15) is 0 Å². The highest BCUT2D eigenvalue weighted by molar-refractivity contribution is 5.67. The van der Waals surface area contributed by atoms with Crippen molar-refractivity contribution in [1.29, 1.82) is 0 Å². The first-order valence-corrected chi connectivity index (χ1v) is 10.4. The van der Waals surface area contributed by atoms with E-state index >= 15 is 0 Å². The van der Waals surface area contributed by atoms with Crippen LogP contribution in [0.1, 0.15) is 49.7 Å². The standard InChI is InChI=1S/C23H32O5/c1-16-5-4-6-17(13-16)14-19(28-23-7-2-3-12-27-23)10-8-18-9-11-21(24)20(18)15-22(25)26/h4-6,8,10,13,18-21,23-24H,2-3,7,9,11-12,14-15H2,1H3,(H,25,26). The van der Waals surface area contributed by atoms with Crippen molar-refractivity contribution in [2.24, 2.45) is 11.8 Å². The molecule has 0 aromatic heterocycles. The van der Waals surface area contributed by atoms with Crippen LogP contribution in [0.5, 0.6) is 0 Å². The van der Waals surface area contributed by atoms with Gasteiger partial charge in [-0.15, -0.1) is 0 Å². The lowest BCUT2D eigenvalue weighted by molar-refractivity contribution is -0.178. The SMILES string of the molecule is Cc1cccc(CC(C=CC2CCC(O)C2CC(=O)O)OC2CCCCO2)c1. The zero-order chi connectivity index (χ0) is 19.9. The highest BCUT2D eigenvalue weighted by atomic mass is 16.7. The molecule has 5 nitrogen and oxygen atoms in total. The van der Waals surface area contributed by atoms with Crippen LogP contribution < -0.4 is 0 Å². The summed E-state index contributed by atoms with van der Waals surface area (Å²) < 4.78 is 12.0. The summed E-state index contributed by atoms with van der Waals surface area (Å²) in [6.07, 6.45) is 8.58. The molecule has 0 spiro atoms. The summed E-state index contributed by atoms with van der Waals surface area (Å²) in [5.41, 5.74) is 2.42. The largest absolute Gasteiger partial charge is 0.481 e. The summed E-state index contributed by atoms with van der Waals surface area (Å²) >= 11 is 0. The predicted molar refractivity (Wildman–Crippen MR) is 107 cm³/mol. The summed E-state index contributed by atoms with van der Waals surface area (Å²) in [7, 11) is 0. The molecule has 1 saturated heterocycles. The second-order valence-electron chi connectivity index (χ2n) is 8.12. The normalized spacial score (nSPS) is 29.2. The first kappa shape index (κ1) is 21.0. The molecule has 1 aromatic carbocycles. The van der Waals surface area contributed by atoms with E-state index in [9.17, 15) is 9.90 Å². The monoisotopic (exact) mass is 388 g/mol. The Morgan fingerprint density at radius 3 is 2.89 bits per heavy atom. The van der Waals surface area contributed by atoms with Gasteiger partial charge in [0.05, 0.1) is 18.6 Å². The molecule has 0 radical (unpaired) electrons. The van der Waals surface area contributed by atoms with E-state index in [1.165, 1.54) is 11.1 Å². The predicted octanol–water partition coefficient (Wildman–Crippen LogP) is 3.87. The number of hydrogen-bond donors (Lipinski definition) is 2. The van der Waals surface area contributed by atoms with Crippen molar-refractivity contribution in [3.63, 3.8) is 0 Å². The highest BCUT2D eigenvalue weighted by Crippen LogP contribution is 2.35. The number of carboxylic acids is 1. The zero-order valence-corrected chi connectivity index (χ0v) is 16.6. The van der Waals surface area contributed by atoms with E-state index in [1.54, 1.807) is 0 Å². The highest BCUT2D eigenvalue weighted by Gasteiger charge is 2.35. The van der Waals surface area contributed by atoms with Gasteiger partial charge in [-0.05, 0) is 50.5 Å². The number of ether oxygens (including phenoxy) is 2. The fourth-order valence-corrected chi connectivity index (χ4v) is 4.32. The van der Waals surface area contributed by atoms with Gasteiger partial charge in [-0.1, -0.05) is 42.0 Å².